The molecule has 5 rings (SSSR count). The molecule has 1 aromatic carbocycles. The van der Waals surface area contributed by atoms with E-state index in [1.807, 2.05) is 24.3 Å². The van der Waals surface area contributed by atoms with Crippen LogP contribution in [0.2, 0.25) is 0 Å². The molecule has 3 N–H and O–H groups in total. The van der Waals surface area contributed by atoms with Crippen LogP contribution < -0.4 is 31.1 Å². The summed E-state index contributed by atoms with van der Waals surface area (Å²) in [6.45, 7) is 1.95. The Morgan fingerprint density at radius 3 is 2.63 bits per heavy atom. The van der Waals surface area contributed by atoms with Crippen LogP contribution in [0.1, 0.15) is 12.8 Å². The second-order valence-electron chi connectivity index (χ2n) is 9.54. The lowest BCUT2D eigenvalue weighted by Crippen LogP contribution is -2.45. The zero-order valence-electron chi connectivity index (χ0n) is 22.3. The highest BCUT2D eigenvalue weighted by Crippen LogP contribution is 2.27. The van der Waals surface area contributed by atoms with Crippen molar-refractivity contribution < 1.29 is 14.3 Å². The Morgan fingerprint density at radius 2 is 1.88 bits per heavy atom. The maximum absolute atomic E-state index is 12.8. The number of amides is 2. The monoisotopic (exact) mass is 689 g/mol. The molecule has 0 saturated carbocycles. The SMILES string of the molecule is Cn1c(=O)c(OCCNC(=O)CBr)cc2cc(Nc3cc(N4CCC(NC(=O)CBr)CC4)nc4ncnn34)ccc21. The Bertz CT molecular complexity index is 1630. The number of halogens is 2. The van der Waals surface area contributed by atoms with Crippen LogP contribution in [0.3, 0.4) is 0 Å². The highest BCUT2D eigenvalue weighted by Gasteiger charge is 2.23. The highest BCUT2D eigenvalue weighted by atomic mass is 79.9. The van der Waals surface area contributed by atoms with Gasteiger partial charge in [0.25, 0.3) is 11.3 Å². The second-order valence-corrected chi connectivity index (χ2v) is 10.7. The molecular weight excluding hydrogens is 662 g/mol. The van der Waals surface area contributed by atoms with Gasteiger partial charge in [-0.1, -0.05) is 31.9 Å². The molecule has 0 unspecified atom stereocenters. The molecule has 2 amide bonds. The van der Waals surface area contributed by atoms with E-state index in [1.165, 1.54) is 10.9 Å². The van der Waals surface area contributed by atoms with Crippen LogP contribution in [0.15, 0.2) is 41.5 Å². The first-order chi connectivity index (χ1) is 19.9. The Labute approximate surface area is 251 Å². The van der Waals surface area contributed by atoms with Gasteiger partial charge in [-0.3, -0.25) is 14.4 Å². The first kappa shape index (κ1) is 28.8. The van der Waals surface area contributed by atoms with Gasteiger partial charge in [0.1, 0.15) is 24.6 Å². The lowest BCUT2D eigenvalue weighted by atomic mass is 10.1. The normalized spacial score (nSPS) is 13.9. The number of carbonyl (C=O) groups is 2. The number of nitrogens with one attached hydrogen (secondary N) is 3. The lowest BCUT2D eigenvalue weighted by molar-refractivity contribution is -0.119. The van der Waals surface area contributed by atoms with Gasteiger partial charge in [-0.05, 0) is 37.1 Å². The molecule has 4 heterocycles. The quantitative estimate of drug-likeness (QED) is 0.168. The first-order valence-electron chi connectivity index (χ1n) is 13.0. The van der Waals surface area contributed by atoms with Crippen LogP contribution in [0.5, 0.6) is 5.75 Å². The number of fused-ring (bicyclic) bond motifs is 2. The maximum atomic E-state index is 12.8. The fraction of sp³-hybridized carbons (Fsp3) is 0.385. The molecule has 4 aromatic rings. The number of aryl methyl sites for hydroxylation is 1. The Morgan fingerprint density at radius 1 is 1.10 bits per heavy atom. The van der Waals surface area contributed by atoms with Gasteiger partial charge in [-0.15, -0.1) is 0 Å². The van der Waals surface area contributed by atoms with Crippen molar-refractivity contribution in [3.8, 4) is 5.75 Å². The number of hydrogen-bond donors (Lipinski definition) is 3. The summed E-state index contributed by atoms with van der Waals surface area (Å²) in [5.41, 5.74) is 1.26. The number of anilines is 3. The van der Waals surface area contributed by atoms with Crippen molar-refractivity contribution >= 4 is 77.7 Å². The van der Waals surface area contributed by atoms with Crippen LogP contribution in [0, 0.1) is 0 Å². The number of alkyl halides is 2. The number of rotatable bonds is 10. The molecule has 1 fully saturated rings. The van der Waals surface area contributed by atoms with Crippen LogP contribution in [0.25, 0.3) is 16.7 Å². The van der Waals surface area contributed by atoms with Crippen LogP contribution in [-0.2, 0) is 16.6 Å². The van der Waals surface area contributed by atoms with E-state index in [0.29, 0.717) is 16.9 Å². The number of carbonyl (C=O) groups excluding carboxylic acids is 2. The molecule has 0 spiro atoms. The molecular formula is C26H29Br2N9O4. The molecule has 1 aliphatic heterocycles. The predicted octanol–water partition coefficient (Wildman–Crippen LogP) is 2.09. The van der Waals surface area contributed by atoms with Crippen molar-refractivity contribution in [3.05, 3.63) is 47.0 Å². The van der Waals surface area contributed by atoms with E-state index in [9.17, 15) is 14.4 Å². The minimum Gasteiger partial charge on any atom is -0.486 e. The van der Waals surface area contributed by atoms with Crippen LogP contribution >= 0.6 is 31.9 Å². The van der Waals surface area contributed by atoms with Gasteiger partial charge >= 0.3 is 0 Å². The van der Waals surface area contributed by atoms with E-state index in [-0.39, 0.29) is 47.6 Å². The van der Waals surface area contributed by atoms with E-state index in [1.54, 1.807) is 17.6 Å². The van der Waals surface area contributed by atoms with Crippen molar-refractivity contribution in [1.29, 1.82) is 0 Å². The van der Waals surface area contributed by atoms with Gasteiger partial charge in [0.15, 0.2) is 5.75 Å². The van der Waals surface area contributed by atoms with Crippen molar-refractivity contribution in [2.75, 3.05) is 47.1 Å². The summed E-state index contributed by atoms with van der Waals surface area (Å²) in [6.07, 6.45) is 3.09. The molecule has 0 atom stereocenters. The summed E-state index contributed by atoms with van der Waals surface area (Å²) in [5, 5.41) is 14.8. The van der Waals surface area contributed by atoms with Gasteiger partial charge in [0.2, 0.25) is 11.8 Å². The second kappa shape index (κ2) is 12.9. The molecule has 13 nitrogen and oxygen atoms in total. The minimum absolute atomic E-state index is 0.00845. The van der Waals surface area contributed by atoms with Gasteiger partial charge in [0.05, 0.1) is 22.7 Å². The fourth-order valence-corrected chi connectivity index (χ4v) is 5.11. The number of benzene rings is 1. The van der Waals surface area contributed by atoms with Gasteiger partial charge < -0.3 is 30.2 Å². The summed E-state index contributed by atoms with van der Waals surface area (Å²) in [5.74, 6) is 1.95. The van der Waals surface area contributed by atoms with E-state index < -0.39 is 0 Å². The third kappa shape index (κ3) is 6.62. The first-order valence-corrected chi connectivity index (χ1v) is 15.3. The Kier molecular flexibility index (Phi) is 9.03. The third-order valence-electron chi connectivity index (χ3n) is 6.81. The van der Waals surface area contributed by atoms with Crippen LogP contribution in [0.4, 0.5) is 17.3 Å². The van der Waals surface area contributed by atoms with Crippen molar-refractivity contribution in [2.45, 2.75) is 18.9 Å². The zero-order valence-corrected chi connectivity index (χ0v) is 25.4. The van der Waals surface area contributed by atoms with E-state index in [4.69, 9.17) is 9.72 Å². The summed E-state index contributed by atoms with van der Waals surface area (Å²) >= 11 is 6.29. The summed E-state index contributed by atoms with van der Waals surface area (Å²) < 4.78 is 8.87. The highest BCUT2D eigenvalue weighted by molar-refractivity contribution is 9.09. The molecule has 1 saturated heterocycles. The van der Waals surface area contributed by atoms with E-state index in [2.05, 4.69) is 62.8 Å². The number of piperidine rings is 1. The molecule has 0 aliphatic carbocycles. The summed E-state index contributed by atoms with van der Waals surface area (Å²) in [6, 6.07) is 9.46. The molecule has 3 aromatic heterocycles. The predicted molar refractivity (Wildman–Crippen MR) is 163 cm³/mol. The van der Waals surface area contributed by atoms with Gasteiger partial charge in [0, 0.05) is 43.3 Å². The maximum Gasteiger partial charge on any atom is 0.293 e. The largest absolute Gasteiger partial charge is 0.486 e. The average molecular weight is 691 g/mol. The standard InChI is InChI=1S/C26H29Br2N9O4/c1-35-19-3-2-18(10-16(19)11-20(25(35)40)41-9-6-29-23(38)13-27)32-22-12-21(34-26-30-15-31-37(22)26)36-7-4-17(5-8-36)33-24(39)14-28/h2-3,10-12,15,17,32H,4-9,13-14H2,1H3,(H,29,38)(H,33,39). The average Bonchev–Trinajstić information content (AvgIpc) is 3.47. The lowest BCUT2D eigenvalue weighted by Gasteiger charge is -2.33. The zero-order chi connectivity index (χ0) is 28.9. The topological polar surface area (TPSA) is 148 Å². The van der Waals surface area contributed by atoms with Crippen molar-refractivity contribution in [1.82, 2.24) is 34.8 Å². The van der Waals surface area contributed by atoms with E-state index in [0.717, 1.165) is 48.3 Å². The van der Waals surface area contributed by atoms with Gasteiger partial charge in [-0.2, -0.15) is 19.6 Å². The molecule has 41 heavy (non-hydrogen) atoms. The molecule has 1 aliphatic rings. The fourth-order valence-electron chi connectivity index (χ4n) is 4.75. The Balaban J connectivity index is 1.36. The third-order valence-corrected chi connectivity index (χ3v) is 7.83. The smallest absolute Gasteiger partial charge is 0.293 e. The molecule has 15 heteroatoms. The Hall–Kier alpha value is -3.72. The van der Waals surface area contributed by atoms with E-state index >= 15 is 0 Å². The van der Waals surface area contributed by atoms with Gasteiger partial charge in [-0.25, -0.2) is 0 Å². The summed E-state index contributed by atoms with van der Waals surface area (Å²) in [4.78, 5) is 47.2. The number of pyridine rings is 1. The molecule has 216 valence electrons. The number of ether oxygens (including phenoxy) is 1. The van der Waals surface area contributed by atoms with Crippen LogP contribution in [-0.4, -0.2) is 78.9 Å². The molecule has 0 radical (unpaired) electrons. The minimum atomic E-state index is -0.261. The van der Waals surface area contributed by atoms with Crippen molar-refractivity contribution in [3.63, 3.8) is 0 Å². The number of hydrogen-bond acceptors (Lipinski definition) is 9. The van der Waals surface area contributed by atoms with Crippen molar-refractivity contribution in [2.24, 2.45) is 7.05 Å². The summed E-state index contributed by atoms with van der Waals surface area (Å²) in [7, 11) is 1.69. The molecule has 0 bridgehead atoms. The number of aromatic nitrogens is 5. The number of nitrogens with zero attached hydrogens (tertiary/aromatic N) is 6.